The van der Waals surface area contributed by atoms with Crippen LogP contribution in [-0.4, -0.2) is 61.2 Å². The van der Waals surface area contributed by atoms with Crippen molar-refractivity contribution in [2.24, 2.45) is 11.3 Å². The van der Waals surface area contributed by atoms with E-state index >= 15 is 0 Å². The number of likely N-dealkylation sites (tertiary alicyclic amines) is 1. The van der Waals surface area contributed by atoms with Gasteiger partial charge in [0.05, 0.1) is 24.8 Å². The minimum atomic E-state index is -0.579. The second kappa shape index (κ2) is 15.1. The fourth-order valence-corrected chi connectivity index (χ4v) is 5.25. The van der Waals surface area contributed by atoms with Gasteiger partial charge in [-0.2, -0.15) is 0 Å². The number of hydrogen-bond acceptors (Lipinski definition) is 5. The molecule has 1 N–H and O–H groups in total. The quantitative estimate of drug-likeness (QED) is 0.199. The van der Waals surface area contributed by atoms with E-state index < -0.39 is 12.0 Å². The molecule has 0 radical (unpaired) electrons. The van der Waals surface area contributed by atoms with Crippen LogP contribution in [0.5, 0.6) is 5.75 Å². The molecule has 7 nitrogen and oxygen atoms in total. The highest BCUT2D eigenvalue weighted by molar-refractivity contribution is 5.95. The fraction of sp³-hybridized carbons (Fsp3) is 0.529. The number of carbonyl (C=O) groups is 2. The summed E-state index contributed by atoms with van der Waals surface area (Å²) < 4.78 is 11.4. The summed E-state index contributed by atoms with van der Waals surface area (Å²) in [5.74, 6) is 0.890. The Kier molecular flexibility index (Phi) is 11.8. The van der Waals surface area contributed by atoms with Crippen molar-refractivity contribution in [3.05, 3.63) is 78.1 Å². The lowest BCUT2D eigenvalue weighted by Gasteiger charge is -2.37. The van der Waals surface area contributed by atoms with E-state index in [0.717, 1.165) is 56.6 Å². The van der Waals surface area contributed by atoms with Crippen LogP contribution in [0, 0.1) is 11.3 Å². The zero-order valence-electron chi connectivity index (χ0n) is 25.7. The molecule has 224 valence electrons. The molecule has 1 aromatic rings. The Morgan fingerprint density at radius 1 is 1.15 bits per heavy atom. The number of amides is 2. The van der Waals surface area contributed by atoms with Crippen LogP contribution in [0.4, 0.5) is 4.79 Å². The number of benzene rings is 1. The van der Waals surface area contributed by atoms with Crippen molar-refractivity contribution in [1.82, 2.24) is 15.1 Å². The molecule has 1 aromatic carbocycles. The topological polar surface area (TPSA) is 71.1 Å². The lowest BCUT2D eigenvalue weighted by Crippen LogP contribution is -2.48. The van der Waals surface area contributed by atoms with Crippen LogP contribution in [0.1, 0.15) is 71.9 Å². The number of piperidine rings is 1. The first-order valence-electron chi connectivity index (χ1n) is 15.0. The maximum atomic E-state index is 13.3. The largest absolute Gasteiger partial charge is 0.493 e. The highest BCUT2D eigenvalue weighted by Gasteiger charge is 2.36. The van der Waals surface area contributed by atoms with Gasteiger partial charge >= 0.3 is 12.0 Å². The van der Waals surface area contributed by atoms with Crippen molar-refractivity contribution in [2.45, 2.75) is 66.3 Å². The predicted octanol–water partition coefficient (Wildman–Crippen LogP) is 6.81. The third-order valence-corrected chi connectivity index (χ3v) is 8.36. The summed E-state index contributed by atoms with van der Waals surface area (Å²) in [5, 5.41) is 3.08. The monoisotopic (exact) mass is 563 g/mol. The first kappa shape index (κ1) is 32.2. The lowest BCUT2D eigenvalue weighted by molar-refractivity contribution is -0.139. The van der Waals surface area contributed by atoms with Gasteiger partial charge in [-0.15, -0.1) is 0 Å². The average Bonchev–Trinajstić information content (AvgIpc) is 2.96. The molecule has 2 amide bonds. The number of ether oxygens (including phenoxy) is 2. The van der Waals surface area contributed by atoms with E-state index in [4.69, 9.17) is 9.47 Å². The van der Waals surface area contributed by atoms with Gasteiger partial charge in [0.1, 0.15) is 5.75 Å². The molecular formula is C34H49N3O4. The molecule has 0 aliphatic carbocycles. The molecule has 1 saturated heterocycles. The number of allylic oxidation sites excluding steroid dienone is 3. The number of rotatable bonds is 14. The molecule has 41 heavy (non-hydrogen) atoms. The van der Waals surface area contributed by atoms with Gasteiger partial charge in [-0.05, 0) is 87.2 Å². The van der Waals surface area contributed by atoms with Gasteiger partial charge in [0.25, 0.3) is 0 Å². The number of esters is 1. The first-order chi connectivity index (χ1) is 19.6. The summed E-state index contributed by atoms with van der Waals surface area (Å²) in [6, 6.07) is 6.86. The van der Waals surface area contributed by atoms with Crippen LogP contribution in [0.3, 0.4) is 0 Å². The van der Waals surface area contributed by atoms with Crippen molar-refractivity contribution in [2.75, 3.05) is 39.4 Å². The molecule has 3 rings (SSSR count). The average molecular weight is 564 g/mol. The van der Waals surface area contributed by atoms with E-state index in [1.54, 1.807) is 17.9 Å². The summed E-state index contributed by atoms with van der Waals surface area (Å²) in [6.45, 7) is 22.2. The summed E-state index contributed by atoms with van der Waals surface area (Å²) in [7, 11) is 0. The Hall–Kier alpha value is -3.32. The number of urea groups is 1. The normalized spacial score (nSPS) is 19.1. The maximum absolute atomic E-state index is 13.3. The Balaban J connectivity index is 1.69. The molecule has 1 fully saturated rings. The smallest absolute Gasteiger partial charge is 0.338 e. The summed E-state index contributed by atoms with van der Waals surface area (Å²) in [6.07, 6.45) is 9.76. The third-order valence-electron chi connectivity index (χ3n) is 8.36. The highest BCUT2D eigenvalue weighted by Crippen LogP contribution is 2.33. The second-order valence-corrected chi connectivity index (χ2v) is 11.8. The fourth-order valence-electron chi connectivity index (χ4n) is 5.25. The van der Waals surface area contributed by atoms with Gasteiger partial charge in [0.2, 0.25) is 0 Å². The maximum Gasteiger partial charge on any atom is 0.338 e. The van der Waals surface area contributed by atoms with Gasteiger partial charge in [-0.1, -0.05) is 64.3 Å². The number of hydrogen-bond donors (Lipinski definition) is 1. The third kappa shape index (κ3) is 8.83. The van der Waals surface area contributed by atoms with Crippen LogP contribution in [0.2, 0.25) is 0 Å². The van der Waals surface area contributed by atoms with Crippen LogP contribution in [0.15, 0.2) is 72.5 Å². The van der Waals surface area contributed by atoms with Crippen molar-refractivity contribution in [1.29, 1.82) is 0 Å². The molecule has 0 aromatic heterocycles. The van der Waals surface area contributed by atoms with Gasteiger partial charge in [-0.3, -0.25) is 9.80 Å². The van der Waals surface area contributed by atoms with E-state index in [2.05, 4.69) is 44.1 Å². The minimum absolute atomic E-state index is 0.0885. The van der Waals surface area contributed by atoms with E-state index in [-0.39, 0.29) is 18.1 Å². The molecule has 7 heteroatoms. The van der Waals surface area contributed by atoms with E-state index in [0.29, 0.717) is 30.3 Å². The Labute approximate surface area is 246 Å². The molecule has 2 aliphatic rings. The van der Waals surface area contributed by atoms with E-state index in [9.17, 15) is 9.59 Å². The van der Waals surface area contributed by atoms with Gasteiger partial charge in [0.15, 0.2) is 0 Å². The molecule has 1 unspecified atom stereocenters. The lowest BCUT2D eigenvalue weighted by atomic mass is 9.91. The van der Waals surface area contributed by atoms with Crippen molar-refractivity contribution in [3.8, 4) is 5.75 Å². The summed E-state index contributed by atoms with van der Waals surface area (Å²) in [5.41, 5.74) is 3.22. The van der Waals surface area contributed by atoms with E-state index in [1.807, 2.05) is 43.3 Å². The van der Waals surface area contributed by atoms with Crippen LogP contribution >= 0.6 is 0 Å². The van der Waals surface area contributed by atoms with Gasteiger partial charge in [0, 0.05) is 18.8 Å². The van der Waals surface area contributed by atoms with E-state index in [1.165, 1.54) is 5.57 Å². The molecular weight excluding hydrogens is 514 g/mol. The van der Waals surface area contributed by atoms with Crippen LogP contribution in [0.25, 0.3) is 0 Å². The zero-order valence-corrected chi connectivity index (χ0v) is 25.7. The zero-order chi connectivity index (χ0) is 30.0. The molecule has 2 aliphatic heterocycles. The van der Waals surface area contributed by atoms with Gasteiger partial charge < -0.3 is 14.8 Å². The second-order valence-electron chi connectivity index (χ2n) is 11.8. The molecule has 0 bridgehead atoms. The molecule has 0 spiro atoms. The molecule has 2 heterocycles. The Bertz CT molecular complexity index is 1130. The SMILES string of the molecule is C=C/C=C(\C=C)CN1CCC(CCN2C(=O)NC(c3ccc(OCC(C)(C)CC)cc3)C(C(=O)OCC)=C2C)CC1. The molecule has 0 saturated carbocycles. The van der Waals surface area contributed by atoms with Gasteiger partial charge in [-0.25, -0.2) is 9.59 Å². The summed E-state index contributed by atoms with van der Waals surface area (Å²) in [4.78, 5) is 30.6. The predicted molar refractivity (Wildman–Crippen MR) is 166 cm³/mol. The Morgan fingerprint density at radius 2 is 1.83 bits per heavy atom. The highest BCUT2D eigenvalue weighted by atomic mass is 16.5. The Morgan fingerprint density at radius 3 is 2.41 bits per heavy atom. The van der Waals surface area contributed by atoms with Crippen molar-refractivity contribution >= 4 is 12.0 Å². The van der Waals surface area contributed by atoms with Crippen molar-refractivity contribution < 1.29 is 19.1 Å². The minimum Gasteiger partial charge on any atom is -0.493 e. The number of nitrogens with zero attached hydrogens (tertiary/aromatic N) is 2. The van der Waals surface area contributed by atoms with Crippen molar-refractivity contribution in [3.63, 3.8) is 0 Å². The summed E-state index contributed by atoms with van der Waals surface area (Å²) >= 11 is 0. The number of carbonyl (C=O) groups excluding carboxylic acids is 2. The van der Waals surface area contributed by atoms with Crippen LogP contribution in [-0.2, 0) is 9.53 Å². The van der Waals surface area contributed by atoms with Crippen LogP contribution < -0.4 is 10.1 Å². The molecule has 1 atom stereocenters. The number of nitrogens with one attached hydrogen (secondary N) is 1. The first-order valence-corrected chi connectivity index (χ1v) is 15.0. The standard InChI is InChI=1S/C34H49N3O4/c1-8-12-26(9-2)23-36-20-17-27(18-21-36)19-22-37-25(5)30(32(38)40-11-4)31(35-33(37)39)28-13-15-29(16-14-28)41-24-34(6,7)10-3/h8-9,12-16,27,31H,1-2,10-11,17-24H2,3-7H3,(H,35,39)/b26-12+.